The molecule has 164 valence electrons. The number of amides is 2. The fourth-order valence-corrected chi connectivity index (χ4v) is 4.08. The molecule has 1 aromatic heterocycles. The summed E-state index contributed by atoms with van der Waals surface area (Å²) in [4.78, 5) is 31.0. The van der Waals surface area contributed by atoms with E-state index in [-0.39, 0.29) is 24.3 Å². The Morgan fingerprint density at radius 1 is 1.09 bits per heavy atom. The highest BCUT2D eigenvalue weighted by atomic mass is 16.5. The normalized spacial score (nSPS) is 15.0. The summed E-state index contributed by atoms with van der Waals surface area (Å²) in [5.74, 6) is 0.638. The van der Waals surface area contributed by atoms with Crippen molar-refractivity contribution < 1.29 is 14.3 Å². The minimum absolute atomic E-state index is 0.00458. The van der Waals surface area contributed by atoms with Gasteiger partial charge in [-0.2, -0.15) is 0 Å². The molecule has 4 rings (SSSR count). The Hall–Kier alpha value is -3.67. The summed E-state index contributed by atoms with van der Waals surface area (Å²) in [7, 11) is 0. The molecule has 1 atom stereocenters. The molecule has 1 aliphatic heterocycles. The van der Waals surface area contributed by atoms with Gasteiger partial charge in [0.1, 0.15) is 12.4 Å². The minimum atomic E-state index is -0.231. The van der Waals surface area contributed by atoms with Crippen LogP contribution in [0.25, 0.3) is 0 Å². The quantitative estimate of drug-likeness (QED) is 0.620. The molecule has 0 saturated carbocycles. The van der Waals surface area contributed by atoms with Gasteiger partial charge >= 0.3 is 0 Å². The van der Waals surface area contributed by atoms with Gasteiger partial charge in [0.15, 0.2) is 0 Å². The van der Waals surface area contributed by atoms with E-state index in [2.05, 4.69) is 16.4 Å². The number of hydrogen-bond donors (Lipinski definition) is 1. The Balaban J connectivity index is 1.36. The van der Waals surface area contributed by atoms with E-state index in [0.29, 0.717) is 19.7 Å². The van der Waals surface area contributed by atoms with Crippen LogP contribution in [-0.2, 0) is 29.2 Å². The predicted molar refractivity (Wildman–Crippen MR) is 122 cm³/mol. The van der Waals surface area contributed by atoms with Crippen LogP contribution in [0.4, 0.5) is 0 Å². The summed E-state index contributed by atoms with van der Waals surface area (Å²) in [6, 6.07) is 21.2. The molecule has 0 fully saturated rings. The molecular weight excluding hydrogens is 402 g/mol. The standard InChI is InChI=1S/C26H27N3O3/c1-19(30)29-14-12-21-8-2-3-11-24(21)25(29)16-26(31)28-17-20-7-6-10-23(15-20)32-18-22-9-4-5-13-27-22/h2-11,13,15,25H,12,14,16-18H2,1H3,(H,28,31). The van der Waals surface area contributed by atoms with Gasteiger partial charge in [0, 0.05) is 26.2 Å². The maximum absolute atomic E-state index is 12.8. The van der Waals surface area contributed by atoms with Crippen LogP contribution in [0.5, 0.6) is 5.75 Å². The summed E-state index contributed by atoms with van der Waals surface area (Å²) < 4.78 is 5.82. The zero-order chi connectivity index (χ0) is 22.3. The van der Waals surface area contributed by atoms with Gasteiger partial charge in [-0.1, -0.05) is 42.5 Å². The number of nitrogens with one attached hydrogen (secondary N) is 1. The molecule has 1 N–H and O–H groups in total. The van der Waals surface area contributed by atoms with Crippen LogP contribution < -0.4 is 10.1 Å². The van der Waals surface area contributed by atoms with Crippen molar-refractivity contribution in [3.63, 3.8) is 0 Å². The third-order valence-electron chi connectivity index (χ3n) is 5.70. The Kier molecular flexibility index (Phi) is 6.80. The average Bonchev–Trinajstić information content (AvgIpc) is 2.82. The molecule has 3 aromatic rings. The molecule has 0 spiro atoms. The number of pyridine rings is 1. The van der Waals surface area contributed by atoms with Crippen molar-refractivity contribution in [3.05, 3.63) is 95.3 Å². The maximum Gasteiger partial charge on any atom is 0.222 e. The fourth-order valence-electron chi connectivity index (χ4n) is 4.08. The van der Waals surface area contributed by atoms with Crippen molar-refractivity contribution in [3.8, 4) is 5.75 Å². The van der Waals surface area contributed by atoms with Gasteiger partial charge in [-0.3, -0.25) is 14.6 Å². The summed E-state index contributed by atoms with van der Waals surface area (Å²) >= 11 is 0. The molecule has 0 aliphatic carbocycles. The second kappa shape index (κ2) is 10.1. The number of aromatic nitrogens is 1. The lowest BCUT2D eigenvalue weighted by atomic mass is 9.90. The van der Waals surface area contributed by atoms with E-state index in [9.17, 15) is 9.59 Å². The number of carbonyl (C=O) groups excluding carboxylic acids is 2. The SMILES string of the molecule is CC(=O)N1CCc2ccccc2C1CC(=O)NCc1cccc(OCc2ccccn2)c1. The zero-order valence-electron chi connectivity index (χ0n) is 18.2. The molecule has 0 bridgehead atoms. The monoisotopic (exact) mass is 429 g/mol. The third-order valence-corrected chi connectivity index (χ3v) is 5.70. The summed E-state index contributed by atoms with van der Waals surface area (Å²) in [6.07, 6.45) is 2.80. The highest BCUT2D eigenvalue weighted by Gasteiger charge is 2.30. The number of hydrogen-bond acceptors (Lipinski definition) is 4. The highest BCUT2D eigenvalue weighted by Crippen LogP contribution is 2.32. The fraction of sp³-hybridized carbons (Fsp3) is 0.269. The number of ether oxygens (including phenoxy) is 1. The van der Waals surface area contributed by atoms with Crippen LogP contribution in [0, 0.1) is 0 Å². The topological polar surface area (TPSA) is 71.5 Å². The maximum atomic E-state index is 12.8. The van der Waals surface area contributed by atoms with Gasteiger partial charge in [0.2, 0.25) is 11.8 Å². The van der Waals surface area contributed by atoms with Crippen LogP contribution in [-0.4, -0.2) is 28.2 Å². The van der Waals surface area contributed by atoms with E-state index in [1.54, 1.807) is 18.0 Å². The smallest absolute Gasteiger partial charge is 0.222 e. The Labute approximate surface area is 188 Å². The van der Waals surface area contributed by atoms with E-state index in [4.69, 9.17) is 4.74 Å². The Bertz CT molecular complexity index is 1080. The number of nitrogens with zero attached hydrogens (tertiary/aromatic N) is 2. The zero-order valence-corrected chi connectivity index (χ0v) is 18.2. The van der Waals surface area contributed by atoms with E-state index < -0.39 is 0 Å². The first kappa shape index (κ1) is 21.6. The molecule has 32 heavy (non-hydrogen) atoms. The minimum Gasteiger partial charge on any atom is -0.487 e. The first-order valence-electron chi connectivity index (χ1n) is 10.8. The van der Waals surface area contributed by atoms with Gasteiger partial charge in [-0.05, 0) is 47.4 Å². The van der Waals surface area contributed by atoms with Gasteiger partial charge in [-0.15, -0.1) is 0 Å². The molecule has 6 heteroatoms. The lowest BCUT2D eigenvalue weighted by molar-refractivity contribution is -0.133. The van der Waals surface area contributed by atoms with Gasteiger partial charge in [0.25, 0.3) is 0 Å². The van der Waals surface area contributed by atoms with Crippen LogP contribution in [0.15, 0.2) is 72.9 Å². The first-order chi connectivity index (χ1) is 15.6. The van der Waals surface area contributed by atoms with E-state index >= 15 is 0 Å². The molecule has 2 amide bonds. The van der Waals surface area contributed by atoms with Crippen molar-refractivity contribution in [2.24, 2.45) is 0 Å². The molecule has 1 aliphatic rings. The molecule has 1 unspecified atom stereocenters. The van der Waals surface area contributed by atoms with Crippen molar-refractivity contribution in [1.82, 2.24) is 15.2 Å². The van der Waals surface area contributed by atoms with Crippen LogP contribution >= 0.6 is 0 Å². The van der Waals surface area contributed by atoms with Gasteiger partial charge in [-0.25, -0.2) is 0 Å². The molecule has 0 radical (unpaired) electrons. The summed E-state index contributed by atoms with van der Waals surface area (Å²) in [5.41, 5.74) is 4.08. The van der Waals surface area contributed by atoms with E-state index in [0.717, 1.165) is 29.0 Å². The molecular formula is C26H27N3O3. The van der Waals surface area contributed by atoms with Crippen LogP contribution in [0.3, 0.4) is 0 Å². The second-order valence-electron chi connectivity index (χ2n) is 7.92. The Morgan fingerprint density at radius 3 is 2.75 bits per heavy atom. The second-order valence-corrected chi connectivity index (χ2v) is 7.92. The van der Waals surface area contributed by atoms with Gasteiger partial charge < -0.3 is 15.0 Å². The van der Waals surface area contributed by atoms with E-state index in [1.165, 1.54) is 5.56 Å². The first-order valence-corrected chi connectivity index (χ1v) is 10.8. The number of benzene rings is 2. The predicted octanol–water partition coefficient (Wildman–Crippen LogP) is 3.81. The van der Waals surface area contributed by atoms with Crippen LogP contribution in [0.1, 0.15) is 41.8 Å². The van der Waals surface area contributed by atoms with Gasteiger partial charge in [0.05, 0.1) is 18.2 Å². The largest absolute Gasteiger partial charge is 0.487 e. The van der Waals surface area contributed by atoms with Crippen molar-refractivity contribution in [2.75, 3.05) is 6.54 Å². The highest BCUT2D eigenvalue weighted by molar-refractivity contribution is 5.79. The van der Waals surface area contributed by atoms with Crippen LogP contribution in [0.2, 0.25) is 0 Å². The van der Waals surface area contributed by atoms with Crippen molar-refractivity contribution in [1.29, 1.82) is 0 Å². The number of rotatable bonds is 7. The van der Waals surface area contributed by atoms with Crippen molar-refractivity contribution >= 4 is 11.8 Å². The van der Waals surface area contributed by atoms with Crippen molar-refractivity contribution in [2.45, 2.75) is 39.0 Å². The third kappa shape index (κ3) is 5.32. The molecule has 0 saturated heterocycles. The molecule has 6 nitrogen and oxygen atoms in total. The lowest BCUT2D eigenvalue weighted by Gasteiger charge is -2.36. The molecule has 2 aromatic carbocycles. The number of fused-ring (bicyclic) bond motifs is 1. The lowest BCUT2D eigenvalue weighted by Crippen LogP contribution is -2.41. The number of carbonyl (C=O) groups is 2. The Morgan fingerprint density at radius 2 is 1.94 bits per heavy atom. The average molecular weight is 430 g/mol. The molecule has 2 heterocycles. The summed E-state index contributed by atoms with van der Waals surface area (Å²) in [5, 5.41) is 2.99. The summed E-state index contributed by atoms with van der Waals surface area (Å²) in [6.45, 7) is 2.99. The van der Waals surface area contributed by atoms with E-state index in [1.807, 2.05) is 60.7 Å².